The number of rotatable bonds is 4. The molecule has 0 fully saturated rings. The van der Waals surface area contributed by atoms with Gasteiger partial charge < -0.3 is 10.5 Å². The molecule has 0 aromatic heterocycles. The van der Waals surface area contributed by atoms with Crippen LogP contribution in [0.1, 0.15) is 5.56 Å². The summed E-state index contributed by atoms with van der Waals surface area (Å²) in [6.07, 6.45) is -3.73. The molecule has 124 valence electrons. The first-order valence-corrected chi connectivity index (χ1v) is 8.38. The third-order valence-electron chi connectivity index (χ3n) is 3.05. The Labute approximate surface area is 131 Å². The lowest BCUT2D eigenvalue weighted by Crippen LogP contribution is -2.17. The van der Waals surface area contributed by atoms with Crippen molar-refractivity contribution in [2.24, 2.45) is 5.73 Å². The zero-order valence-electron chi connectivity index (χ0n) is 12.1. The zero-order chi connectivity index (χ0) is 17.3. The van der Waals surface area contributed by atoms with Crippen LogP contribution in [0.15, 0.2) is 47.4 Å². The number of alkyl halides is 3. The van der Waals surface area contributed by atoms with Crippen LogP contribution < -0.4 is 10.5 Å². The number of nitrogens with two attached hydrogens (primary N) is 1. The molecule has 0 radical (unpaired) electrons. The van der Waals surface area contributed by atoms with Crippen LogP contribution in [0.2, 0.25) is 0 Å². The minimum Gasteiger partial charge on any atom is -0.406 e. The predicted octanol–water partition coefficient (Wildman–Crippen LogP) is 3.11. The van der Waals surface area contributed by atoms with Gasteiger partial charge in [-0.2, -0.15) is 0 Å². The van der Waals surface area contributed by atoms with Crippen molar-refractivity contribution in [3.8, 4) is 16.9 Å². The fourth-order valence-electron chi connectivity index (χ4n) is 2.03. The van der Waals surface area contributed by atoms with Crippen LogP contribution in [0.25, 0.3) is 11.1 Å². The topological polar surface area (TPSA) is 69.4 Å². The molecular formula is C15H14F3NO3S. The Hall–Kier alpha value is -2.06. The first kappa shape index (κ1) is 17.3. The lowest BCUT2D eigenvalue weighted by molar-refractivity contribution is -0.274. The second-order valence-corrected chi connectivity index (χ2v) is 6.93. The molecule has 2 aromatic rings. The molecule has 0 spiro atoms. The minimum atomic E-state index is -4.80. The van der Waals surface area contributed by atoms with Crippen LogP contribution in [0.3, 0.4) is 0 Å². The fourth-order valence-corrected chi connectivity index (χ4v) is 2.66. The van der Waals surface area contributed by atoms with Gasteiger partial charge in [-0.05, 0) is 47.0 Å². The van der Waals surface area contributed by atoms with Gasteiger partial charge in [-0.25, -0.2) is 8.42 Å². The summed E-state index contributed by atoms with van der Waals surface area (Å²) in [7, 11) is -3.34. The quantitative estimate of drug-likeness (QED) is 0.924. The summed E-state index contributed by atoms with van der Waals surface area (Å²) >= 11 is 0. The summed E-state index contributed by atoms with van der Waals surface area (Å²) in [5.74, 6) is -0.373. The molecule has 0 aliphatic heterocycles. The maximum absolute atomic E-state index is 12.4. The molecule has 0 unspecified atom stereocenters. The van der Waals surface area contributed by atoms with Crippen LogP contribution in [0.5, 0.6) is 5.75 Å². The summed E-state index contributed by atoms with van der Waals surface area (Å²) < 4.78 is 63.9. The molecule has 0 heterocycles. The Morgan fingerprint density at radius 2 is 1.65 bits per heavy atom. The van der Waals surface area contributed by atoms with E-state index in [-0.39, 0.29) is 17.2 Å². The smallest absolute Gasteiger partial charge is 0.406 e. The van der Waals surface area contributed by atoms with E-state index in [4.69, 9.17) is 5.73 Å². The normalized spacial score (nSPS) is 12.2. The van der Waals surface area contributed by atoms with Crippen molar-refractivity contribution in [3.63, 3.8) is 0 Å². The third-order valence-corrected chi connectivity index (χ3v) is 4.18. The van der Waals surface area contributed by atoms with Crippen LogP contribution >= 0.6 is 0 Å². The first-order chi connectivity index (χ1) is 10.6. The molecule has 2 N–H and O–H groups in total. The SMILES string of the molecule is CS(=O)(=O)c1ccc(-c2cc(CN)cc(OC(F)(F)F)c2)cc1. The molecule has 0 aliphatic rings. The first-order valence-electron chi connectivity index (χ1n) is 6.49. The maximum atomic E-state index is 12.4. The highest BCUT2D eigenvalue weighted by Crippen LogP contribution is 2.30. The molecular weight excluding hydrogens is 331 g/mol. The number of benzene rings is 2. The Bertz CT molecular complexity index is 800. The number of hydrogen-bond donors (Lipinski definition) is 1. The minimum absolute atomic E-state index is 0.0451. The van der Waals surface area contributed by atoms with Crippen molar-refractivity contribution in [2.75, 3.05) is 6.26 Å². The second kappa shape index (κ2) is 6.21. The molecule has 2 aromatic carbocycles. The summed E-state index contributed by atoms with van der Waals surface area (Å²) in [5.41, 5.74) is 6.97. The van der Waals surface area contributed by atoms with Crippen molar-refractivity contribution in [1.82, 2.24) is 0 Å². The number of sulfone groups is 1. The van der Waals surface area contributed by atoms with E-state index in [9.17, 15) is 21.6 Å². The molecule has 8 heteroatoms. The van der Waals surface area contributed by atoms with E-state index in [2.05, 4.69) is 4.74 Å². The lowest BCUT2D eigenvalue weighted by atomic mass is 10.0. The number of ether oxygens (including phenoxy) is 1. The van der Waals surface area contributed by atoms with Gasteiger partial charge in [0, 0.05) is 12.8 Å². The Balaban J connectivity index is 2.44. The van der Waals surface area contributed by atoms with E-state index < -0.39 is 16.2 Å². The molecule has 0 amide bonds. The molecule has 0 aliphatic carbocycles. The van der Waals surface area contributed by atoms with E-state index in [0.717, 1.165) is 6.26 Å². The van der Waals surface area contributed by atoms with Gasteiger partial charge in [-0.1, -0.05) is 12.1 Å². The van der Waals surface area contributed by atoms with E-state index >= 15 is 0 Å². The van der Waals surface area contributed by atoms with Gasteiger partial charge in [0.15, 0.2) is 9.84 Å². The second-order valence-electron chi connectivity index (χ2n) is 4.91. The summed E-state index contributed by atoms with van der Waals surface area (Å²) in [5, 5.41) is 0. The average Bonchev–Trinajstić information content (AvgIpc) is 2.44. The highest BCUT2D eigenvalue weighted by Gasteiger charge is 2.31. The zero-order valence-corrected chi connectivity index (χ0v) is 12.9. The molecule has 0 bridgehead atoms. The van der Waals surface area contributed by atoms with Crippen LogP contribution in [0, 0.1) is 0 Å². The maximum Gasteiger partial charge on any atom is 0.573 e. The highest BCUT2D eigenvalue weighted by molar-refractivity contribution is 7.90. The third kappa shape index (κ3) is 4.70. The number of halogens is 3. The van der Waals surface area contributed by atoms with Gasteiger partial charge in [-0.15, -0.1) is 13.2 Å². The van der Waals surface area contributed by atoms with E-state index in [1.807, 2.05) is 0 Å². The van der Waals surface area contributed by atoms with Gasteiger partial charge >= 0.3 is 6.36 Å². The standard InChI is InChI=1S/C15H14F3NO3S/c1-23(20,21)14-4-2-11(3-5-14)12-6-10(9-19)7-13(8-12)22-15(16,17)18/h2-8H,9,19H2,1H3. The molecule has 0 saturated carbocycles. The van der Waals surface area contributed by atoms with E-state index in [1.165, 1.54) is 36.4 Å². The van der Waals surface area contributed by atoms with Crippen molar-refractivity contribution >= 4 is 9.84 Å². The van der Waals surface area contributed by atoms with Gasteiger partial charge in [0.25, 0.3) is 0 Å². The highest BCUT2D eigenvalue weighted by atomic mass is 32.2. The largest absolute Gasteiger partial charge is 0.573 e. The van der Waals surface area contributed by atoms with Crippen molar-refractivity contribution in [3.05, 3.63) is 48.0 Å². The fraction of sp³-hybridized carbons (Fsp3) is 0.200. The molecule has 23 heavy (non-hydrogen) atoms. The van der Waals surface area contributed by atoms with E-state index in [1.54, 1.807) is 6.07 Å². The van der Waals surface area contributed by atoms with Crippen LogP contribution in [0.4, 0.5) is 13.2 Å². The van der Waals surface area contributed by atoms with E-state index in [0.29, 0.717) is 16.7 Å². The summed E-state index contributed by atoms with van der Waals surface area (Å²) in [6.45, 7) is 0.0451. The van der Waals surface area contributed by atoms with Crippen molar-refractivity contribution < 1.29 is 26.3 Å². The van der Waals surface area contributed by atoms with Crippen LogP contribution in [-0.2, 0) is 16.4 Å². The summed E-state index contributed by atoms with van der Waals surface area (Å²) in [4.78, 5) is 0.128. The van der Waals surface area contributed by atoms with Gasteiger partial charge in [0.05, 0.1) is 4.90 Å². The van der Waals surface area contributed by atoms with Gasteiger partial charge in [0.2, 0.25) is 0 Å². The Kier molecular flexibility index (Phi) is 4.67. The molecule has 0 atom stereocenters. The summed E-state index contributed by atoms with van der Waals surface area (Å²) in [6, 6.07) is 9.88. The molecule has 4 nitrogen and oxygen atoms in total. The lowest BCUT2D eigenvalue weighted by Gasteiger charge is -2.12. The number of hydrogen-bond acceptors (Lipinski definition) is 4. The van der Waals surface area contributed by atoms with Gasteiger partial charge in [-0.3, -0.25) is 0 Å². The Morgan fingerprint density at radius 3 is 2.13 bits per heavy atom. The Morgan fingerprint density at radius 1 is 1.04 bits per heavy atom. The molecule has 0 saturated heterocycles. The van der Waals surface area contributed by atoms with Crippen LogP contribution in [-0.4, -0.2) is 21.0 Å². The van der Waals surface area contributed by atoms with Crippen molar-refractivity contribution in [2.45, 2.75) is 17.8 Å². The predicted molar refractivity (Wildman–Crippen MR) is 79.6 cm³/mol. The van der Waals surface area contributed by atoms with Gasteiger partial charge in [0.1, 0.15) is 5.75 Å². The molecule has 2 rings (SSSR count). The monoisotopic (exact) mass is 345 g/mol. The van der Waals surface area contributed by atoms with Crippen molar-refractivity contribution in [1.29, 1.82) is 0 Å². The average molecular weight is 345 g/mol.